The van der Waals surface area contributed by atoms with Crippen LogP contribution in [0.3, 0.4) is 0 Å². The molecule has 0 aliphatic heterocycles. The summed E-state index contributed by atoms with van der Waals surface area (Å²) >= 11 is 0. The number of allylic oxidation sites excluding steroid dienone is 2. The Hall–Kier alpha value is -0.243. The number of rotatable bonds is 1. The number of hydrogen-bond acceptors (Lipinski definition) is 1. The fraction of sp³-hybridized carbons (Fsp3) is 0.333. The molecule has 0 fully saturated rings. The highest BCUT2D eigenvalue weighted by molar-refractivity contribution is 5.99. The summed E-state index contributed by atoms with van der Waals surface area (Å²) in [5.74, 6) is 1.09. The van der Waals surface area contributed by atoms with Gasteiger partial charge in [-0.25, -0.2) is 0 Å². The van der Waals surface area contributed by atoms with E-state index in [2.05, 4.69) is 14.9 Å². The van der Waals surface area contributed by atoms with Crippen LogP contribution in [-0.4, -0.2) is 10.5 Å². The van der Waals surface area contributed by atoms with Crippen molar-refractivity contribution in [2.45, 2.75) is 6.42 Å². The summed E-state index contributed by atoms with van der Waals surface area (Å²) in [6.07, 6.45) is 3.08. The first kappa shape index (κ1) is 2.97. The summed E-state index contributed by atoms with van der Waals surface area (Å²) in [6, 6.07) is 0. The van der Waals surface area contributed by atoms with E-state index in [-0.39, 0.29) is 0 Å². The molecule has 2 heteroatoms. The van der Waals surface area contributed by atoms with Crippen LogP contribution in [0.1, 0.15) is 6.42 Å². The Balaban J connectivity index is 2.22. The monoisotopic (exact) mass is 84.0 g/mol. The van der Waals surface area contributed by atoms with E-state index in [0.29, 0.717) is 0 Å². The molecule has 0 aromatic rings. The third-order valence-corrected chi connectivity index (χ3v) is 0.825. The van der Waals surface area contributed by atoms with E-state index in [4.69, 9.17) is 0 Å². The maximum absolute atomic E-state index is 4.64. The lowest BCUT2D eigenvalue weighted by Gasteiger charge is -1.79. The molecule has 1 rings (SSSR count). The zero-order valence-corrected chi connectivity index (χ0v) is 3.92. The average molecular weight is 84.1 g/mol. The minimum atomic E-state index is 1.06. The second kappa shape index (κ2) is 0.862. The Bertz CT molecular complexity index is 67.3. The van der Waals surface area contributed by atoms with Crippen molar-refractivity contribution >= 4 is 10.5 Å². The van der Waals surface area contributed by atoms with Crippen molar-refractivity contribution in [3.63, 3.8) is 0 Å². The molecule has 0 spiro atoms. The van der Waals surface area contributed by atoms with E-state index in [0.717, 1.165) is 12.2 Å². The summed E-state index contributed by atoms with van der Waals surface area (Å²) < 4.78 is 4.64. The first-order chi connectivity index (χ1) is 2.43. The molecule has 1 aliphatic rings. The van der Waals surface area contributed by atoms with Crippen LogP contribution in [0.2, 0.25) is 0 Å². The van der Waals surface area contributed by atoms with Gasteiger partial charge in [-0.05, 0) is 6.08 Å². The third kappa shape index (κ3) is 0.512. The van der Waals surface area contributed by atoms with Crippen LogP contribution in [0, 0.1) is 0 Å². The van der Waals surface area contributed by atoms with Gasteiger partial charge >= 0.3 is 0 Å². The van der Waals surface area contributed by atoms with Crippen LogP contribution in [0.4, 0.5) is 0 Å². The molecule has 0 amide bonds. The third-order valence-electron chi connectivity index (χ3n) is 0.522. The minimum absolute atomic E-state index is 1.06. The molecular formula is C3H4OSi. The summed E-state index contributed by atoms with van der Waals surface area (Å²) in [4.78, 5) is 0. The Morgan fingerprint density at radius 1 is 2.00 bits per heavy atom. The van der Waals surface area contributed by atoms with Crippen molar-refractivity contribution in [1.82, 2.24) is 0 Å². The normalized spacial score (nSPS) is 17.4. The van der Waals surface area contributed by atoms with Crippen molar-refractivity contribution in [3.05, 3.63) is 11.8 Å². The molecule has 0 saturated carbocycles. The molecule has 0 bridgehead atoms. The fourth-order valence-corrected chi connectivity index (χ4v) is 0.330. The Morgan fingerprint density at radius 2 is 2.60 bits per heavy atom. The van der Waals surface area contributed by atoms with Crippen molar-refractivity contribution in [2.75, 3.05) is 0 Å². The molecule has 0 unspecified atom stereocenters. The van der Waals surface area contributed by atoms with Gasteiger partial charge in [-0.15, -0.1) is 0 Å². The Morgan fingerprint density at radius 3 is 2.60 bits per heavy atom. The van der Waals surface area contributed by atoms with Gasteiger partial charge in [0.15, 0.2) is 0 Å². The molecule has 0 atom stereocenters. The Labute approximate surface area is 34.2 Å². The van der Waals surface area contributed by atoms with Crippen molar-refractivity contribution < 1.29 is 4.43 Å². The predicted octanol–water partition coefficient (Wildman–Crippen LogP) is 0.106. The smallest absolute Gasteiger partial charge is 0.288 e. The summed E-state index contributed by atoms with van der Waals surface area (Å²) in [5.41, 5.74) is 0. The van der Waals surface area contributed by atoms with Crippen molar-refractivity contribution in [2.24, 2.45) is 0 Å². The summed E-state index contributed by atoms with van der Waals surface area (Å²) in [5, 5.41) is 0. The predicted molar refractivity (Wildman–Crippen MR) is 20.9 cm³/mol. The minimum Gasteiger partial charge on any atom is -0.548 e. The van der Waals surface area contributed by atoms with E-state index in [1.54, 1.807) is 0 Å². The summed E-state index contributed by atoms with van der Waals surface area (Å²) in [7, 11) is 2.19. The first-order valence-corrected chi connectivity index (χ1v) is 1.96. The highest BCUT2D eigenvalue weighted by Gasteiger charge is 2.02. The molecule has 0 aromatic heterocycles. The van der Waals surface area contributed by atoms with Crippen LogP contribution < -0.4 is 0 Å². The maximum Gasteiger partial charge on any atom is 0.288 e. The van der Waals surface area contributed by atoms with E-state index < -0.39 is 0 Å². The van der Waals surface area contributed by atoms with Gasteiger partial charge in [0, 0.05) is 6.42 Å². The lowest BCUT2D eigenvalue weighted by molar-refractivity contribution is 0.496. The molecule has 0 aromatic carbocycles. The fourth-order valence-electron chi connectivity index (χ4n) is 0.138. The molecule has 5 heavy (non-hydrogen) atoms. The number of hydrogen-bond donors (Lipinski definition) is 0. The van der Waals surface area contributed by atoms with Crippen molar-refractivity contribution in [1.29, 1.82) is 0 Å². The van der Waals surface area contributed by atoms with Gasteiger partial charge in [-0.3, -0.25) is 0 Å². The van der Waals surface area contributed by atoms with Crippen LogP contribution in [-0.2, 0) is 4.43 Å². The van der Waals surface area contributed by atoms with Gasteiger partial charge in [0.2, 0.25) is 0 Å². The van der Waals surface area contributed by atoms with E-state index in [9.17, 15) is 0 Å². The molecule has 0 N–H and O–H groups in total. The molecule has 1 aliphatic carbocycles. The maximum atomic E-state index is 4.64. The van der Waals surface area contributed by atoms with Gasteiger partial charge in [0.1, 0.15) is 0 Å². The highest BCUT2D eigenvalue weighted by Crippen LogP contribution is 2.16. The largest absolute Gasteiger partial charge is 0.548 e. The lowest BCUT2D eigenvalue weighted by Crippen LogP contribution is -1.66. The second-order valence-corrected chi connectivity index (χ2v) is 1.23. The average Bonchev–Trinajstić information content (AvgIpc) is 2.12. The van der Waals surface area contributed by atoms with Crippen LogP contribution in [0.15, 0.2) is 11.8 Å². The van der Waals surface area contributed by atoms with Crippen LogP contribution in [0.5, 0.6) is 0 Å². The van der Waals surface area contributed by atoms with Gasteiger partial charge in [-0.2, -0.15) is 0 Å². The van der Waals surface area contributed by atoms with E-state index in [1.807, 2.05) is 6.08 Å². The topological polar surface area (TPSA) is 9.23 Å². The molecular weight excluding hydrogens is 80.1 g/mol. The quantitative estimate of drug-likeness (QED) is 0.410. The van der Waals surface area contributed by atoms with Crippen LogP contribution >= 0.6 is 0 Å². The summed E-state index contributed by atoms with van der Waals surface area (Å²) in [6.45, 7) is 0. The zero-order chi connectivity index (χ0) is 3.70. The van der Waals surface area contributed by atoms with E-state index in [1.165, 1.54) is 0 Å². The SMILES string of the molecule is [SiH]OC1=CC1. The van der Waals surface area contributed by atoms with Gasteiger partial charge in [0.05, 0.1) is 5.76 Å². The van der Waals surface area contributed by atoms with Gasteiger partial charge < -0.3 is 4.43 Å². The molecule has 0 heterocycles. The zero-order valence-electron chi connectivity index (χ0n) is 2.77. The lowest BCUT2D eigenvalue weighted by atomic mass is 10.9. The van der Waals surface area contributed by atoms with Gasteiger partial charge in [0.25, 0.3) is 10.5 Å². The van der Waals surface area contributed by atoms with E-state index >= 15 is 0 Å². The highest BCUT2D eigenvalue weighted by atomic mass is 28.2. The first-order valence-electron chi connectivity index (χ1n) is 1.49. The second-order valence-electron chi connectivity index (χ2n) is 0.992. The molecule has 0 saturated heterocycles. The van der Waals surface area contributed by atoms with Crippen LogP contribution in [0.25, 0.3) is 0 Å². The van der Waals surface area contributed by atoms with Crippen molar-refractivity contribution in [3.8, 4) is 0 Å². The molecule has 1 nitrogen and oxygen atoms in total. The molecule has 26 valence electrons. The molecule has 2 radical (unpaired) electrons. The standard InChI is InChI=1S/C3H4OSi/c5-4-3-1-2-3/h1,5H,2H2. The van der Waals surface area contributed by atoms with Gasteiger partial charge in [-0.1, -0.05) is 0 Å². The Kier molecular flexibility index (Phi) is 0.511.